The molecule has 1 aromatic heterocycles. The molecule has 0 radical (unpaired) electrons. The van der Waals surface area contributed by atoms with Crippen molar-refractivity contribution < 1.29 is 13.2 Å². The van der Waals surface area contributed by atoms with Gasteiger partial charge in [0, 0.05) is 12.0 Å². The van der Waals surface area contributed by atoms with Crippen molar-refractivity contribution in [3.8, 4) is 11.3 Å². The number of aromatic nitrogens is 1. The van der Waals surface area contributed by atoms with Gasteiger partial charge < -0.3 is 10.2 Å². The van der Waals surface area contributed by atoms with Gasteiger partial charge in [-0.05, 0) is 18.2 Å². The van der Waals surface area contributed by atoms with Crippen LogP contribution >= 0.6 is 0 Å². The molecule has 5 heteroatoms. The number of aryl methyl sites for hydroxylation is 1. The number of halogens is 2. The molecule has 0 saturated carbocycles. The molecule has 2 aromatic rings. The maximum atomic E-state index is 13.5. The highest BCUT2D eigenvalue weighted by molar-refractivity contribution is 5.63. The van der Waals surface area contributed by atoms with Crippen molar-refractivity contribution >= 4 is 6.01 Å². The molecule has 16 heavy (non-hydrogen) atoms. The molecule has 0 saturated heterocycles. The van der Waals surface area contributed by atoms with Crippen LogP contribution in [0.25, 0.3) is 11.3 Å². The van der Waals surface area contributed by atoms with Crippen LogP contribution in [0, 0.1) is 11.6 Å². The Hall–Kier alpha value is -1.91. The summed E-state index contributed by atoms with van der Waals surface area (Å²) in [4.78, 5) is 3.86. The van der Waals surface area contributed by atoms with E-state index in [1.54, 1.807) is 0 Å². The van der Waals surface area contributed by atoms with Crippen molar-refractivity contribution in [2.24, 2.45) is 0 Å². The summed E-state index contributed by atoms with van der Waals surface area (Å²) in [6, 6.07) is 3.13. The quantitative estimate of drug-likeness (QED) is 0.853. The second-order valence-electron chi connectivity index (χ2n) is 3.30. The normalized spacial score (nSPS) is 10.7. The Kier molecular flexibility index (Phi) is 2.60. The van der Waals surface area contributed by atoms with Crippen LogP contribution < -0.4 is 5.73 Å². The van der Waals surface area contributed by atoms with E-state index < -0.39 is 11.6 Å². The smallest absolute Gasteiger partial charge is 0.292 e. The lowest BCUT2D eigenvalue weighted by Gasteiger charge is -2.00. The Labute approximate surface area is 90.9 Å². The predicted octanol–water partition coefficient (Wildman–Crippen LogP) is 2.76. The molecule has 1 aromatic carbocycles. The minimum absolute atomic E-state index is 0.0458. The van der Waals surface area contributed by atoms with Crippen LogP contribution in [0.3, 0.4) is 0 Å². The maximum Gasteiger partial charge on any atom is 0.292 e. The summed E-state index contributed by atoms with van der Waals surface area (Å²) in [5.74, 6) is -0.633. The Morgan fingerprint density at radius 3 is 2.81 bits per heavy atom. The first-order chi connectivity index (χ1) is 7.61. The molecule has 0 aliphatic heterocycles. The van der Waals surface area contributed by atoms with Gasteiger partial charge in [0.1, 0.15) is 23.1 Å². The first-order valence-corrected chi connectivity index (χ1v) is 4.82. The van der Waals surface area contributed by atoms with E-state index in [9.17, 15) is 8.78 Å². The lowest BCUT2D eigenvalue weighted by atomic mass is 10.1. The largest absolute Gasteiger partial charge is 0.428 e. The third-order valence-corrected chi connectivity index (χ3v) is 2.22. The van der Waals surface area contributed by atoms with E-state index in [1.807, 2.05) is 6.92 Å². The third kappa shape index (κ3) is 1.76. The van der Waals surface area contributed by atoms with Gasteiger partial charge in [-0.3, -0.25) is 0 Å². The summed E-state index contributed by atoms with van der Waals surface area (Å²) in [5, 5.41) is 0. The van der Waals surface area contributed by atoms with E-state index in [2.05, 4.69) is 4.98 Å². The van der Waals surface area contributed by atoms with Gasteiger partial charge in [0.2, 0.25) is 0 Å². The lowest BCUT2D eigenvalue weighted by molar-refractivity contribution is 0.530. The van der Waals surface area contributed by atoms with Crippen LogP contribution in [-0.4, -0.2) is 4.98 Å². The van der Waals surface area contributed by atoms with Crippen LogP contribution in [0.1, 0.15) is 12.7 Å². The molecule has 0 fully saturated rings. The predicted molar refractivity (Wildman–Crippen MR) is 55.6 cm³/mol. The number of nitrogens with two attached hydrogens (primary N) is 1. The summed E-state index contributed by atoms with van der Waals surface area (Å²) >= 11 is 0. The van der Waals surface area contributed by atoms with Crippen LogP contribution in [-0.2, 0) is 6.42 Å². The van der Waals surface area contributed by atoms with Gasteiger partial charge in [-0.1, -0.05) is 6.92 Å². The SMILES string of the molecule is CCc1oc(N)nc1-c1cc(F)ccc1F. The molecule has 0 amide bonds. The van der Waals surface area contributed by atoms with Crippen molar-refractivity contribution in [2.45, 2.75) is 13.3 Å². The minimum Gasteiger partial charge on any atom is -0.428 e. The van der Waals surface area contributed by atoms with Gasteiger partial charge in [0.25, 0.3) is 6.01 Å². The average Bonchev–Trinajstić information content (AvgIpc) is 2.63. The van der Waals surface area contributed by atoms with Crippen LogP contribution in [0.2, 0.25) is 0 Å². The third-order valence-electron chi connectivity index (χ3n) is 2.22. The number of rotatable bonds is 2. The lowest BCUT2D eigenvalue weighted by Crippen LogP contribution is -1.90. The standard InChI is InChI=1S/C11H10F2N2O/c1-2-9-10(15-11(14)16-9)7-5-6(12)3-4-8(7)13/h3-5H,2H2,1H3,(H2,14,15). The molecule has 84 valence electrons. The summed E-state index contributed by atoms with van der Waals surface area (Å²) in [7, 11) is 0. The molecule has 0 aliphatic carbocycles. The summed E-state index contributed by atoms with van der Waals surface area (Å²) in [6.45, 7) is 1.82. The molecule has 0 spiro atoms. The first kappa shape index (κ1) is 10.6. The average molecular weight is 224 g/mol. The second-order valence-corrected chi connectivity index (χ2v) is 3.30. The molecular formula is C11H10F2N2O. The molecule has 0 aliphatic rings. The fourth-order valence-corrected chi connectivity index (χ4v) is 1.50. The van der Waals surface area contributed by atoms with Gasteiger partial charge >= 0.3 is 0 Å². The van der Waals surface area contributed by atoms with Crippen molar-refractivity contribution in [3.05, 3.63) is 35.6 Å². The van der Waals surface area contributed by atoms with E-state index in [0.29, 0.717) is 12.2 Å². The summed E-state index contributed by atoms with van der Waals surface area (Å²) in [6.07, 6.45) is 0.509. The molecule has 2 N–H and O–H groups in total. The summed E-state index contributed by atoms with van der Waals surface area (Å²) in [5.41, 5.74) is 5.71. The molecule has 2 rings (SSSR count). The molecule has 0 bridgehead atoms. The highest BCUT2D eigenvalue weighted by Crippen LogP contribution is 2.28. The fraction of sp³-hybridized carbons (Fsp3) is 0.182. The number of benzene rings is 1. The van der Waals surface area contributed by atoms with E-state index in [0.717, 1.165) is 18.2 Å². The van der Waals surface area contributed by atoms with Crippen molar-refractivity contribution in [2.75, 3.05) is 5.73 Å². The van der Waals surface area contributed by atoms with Crippen molar-refractivity contribution in [3.63, 3.8) is 0 Å². The molecular weight excluding hydrogens is 214 g/mol. The minimum atomic E-state index is -0.551. The Bertz CT molecular complexity index is 523. The molecule has 3 nitrogen and oxygen atoms in total. The number of hydrogen-bond donors (Lipinski definition) is 1. The number of anilines is 1. The van der Waals surface area contributed by atoms with Gasteiger partial charge in [-0.25, -0.2) is 8.78 Å². The number of nitrogen functional groups attached to an aromatic ring is 1. The van der Waals surface area contributed by atoms with E-state index >= 15 is 0 Å². The van der Waals surface area contributed by atoms with Crippen LogP contribution in [0.5, 0.6) is 0 Å². The van der Waals surface area contributed by atoms with Gasteiger partial charge in [-0.15, -0.1) is 0 Å². The topological polar surface area (TPSA) is 52.0 Å². The van der Waals surface area contributed by atoms with Crippen molar-refractivity contribution in [1.29, 1.82) is 0 Å². The number of nitrogens with zero attached hydrogens (tertiary/aromatic N) is 1. The highest BCUT2D eigenvalue weighted by Gasteiger charge is 2.16. The Morgan fingerprint density at radius 2 is 2.12 bits per heavy atom. The molecule has 0 atom stereocenters. The Morgan fingerprint density at radius 1 is 1.38 bits per heavy atom. The van der Waals surface area contributed by atoms with E-state index in [-0.39, 0.29) is 17.3 Å². The monoisotopic (exact) mass is 224 g/mol. The second kappa shape index (κ2) is 3.92. The van der Waals surface area contributed by atoms with Gasteiger partial charge in [0.15, 0.2) is 0 Å². The van der Waals surface area contributed by atoms with Gasteiger partial charge in [0.05, 0.1) is 0 Å². The fourth-order valence-electron chi connectivity index (χ4n) is 1.50. The van der Waals surface area contributed by atoms with E-state index in [4.69, 9.17) is 10.2 Å². The number of hydrogen-bond acceptors (Lipinski definition) is 3. The summed E-state index contributed by atoms with van der Waals surface area (Å²) < 4.78 is 31.6. The zero-order chi connectivity index (χ0) is 11.7. The highest BCUT2D eigenvalue weighted by atomic mass is 19.1. The van der Waals surface area contributed by atoms with Crippen LogP contribution in [0.15, 0.2) is 22.6 Å². The first-order valence-electron chi connectivity index (χ1n) is 4.82. The zero-order valence-electron chi connectivity index (χ0n) is 8.63. The van der Waals surface area contributed by atoms with Gasteiger partial charge in [-0.2, -0.15) is 4.98 Å². The number of oxazole rings is 1. The van der Waals surface area contributed by atoms with Crippen molar-refractivity contribution in [1.82, 2.24) is 4.98 Å². The zero-order valence-corrected chi connectivity index (χ0v) is 8.63. The molecule has 1 heterocycles. The Balaban J connectivity index is 2.61. The maximum absolute atomic E-state index is 13.5. The molecule has 0 unspecified atom stereocenters. The van der Waals surface area contributed by atoms with E-state index in [1.165, 1.54) is 0 Å². The van der Waals surface area contributed by atoms with Crippen LogP contribution in [0.4, 0.5) is 14.8 Å².